The zero-order valence-electron chi connectivity index (χ0n) is 5.00. The van der Waals surface area contributed by atoms with Crippen LogP contribution in [0.25, 0.3) is 0 Å². The summed E-state index contributed by atoms with van der Waals surface area (Å²) in [5.41, 5.74) is 6.19. The molecule has 0 rings (SSSR count). The lowest BCUT2D eigenvalue weighted by Gasteiger charge is -1.89. The van der Waals surface area contributed by atoms with Gasteiger partial charge in [0.15, 0.2) is 0 Å². The van der Waals surface area contributed by atoms with Crippen molar-refractivity contribution in [1.29, 1.82) is 5.53 Å². The first-order chi connectivity index (χ1) is 4.66. The zero-order valence-corrected chi connectivity index (χ0v) is 5.00. The van der Waals surface area contributed by atoms with Crippen LogP contribution in [0.3, 0.4) is 0 Å². The minimum Gasteiger partial charge on any atom is -0.465 e. The molecule has 0 fully saturated rings. The summed E-state index contributed by atoms with van der Waals surface area (Å²) in [6.07, 6.45) is -0.539. The van der Waals surface area contributed by atoms with Crippen molar-refractivity contribution in [2.45, 2.75) is 0 Å². The first kappa shape index (κ1) is 8.32. The second-order valence-corrected chi connectivity index (χ2v) is 1.38. The molecule has 10 heavy (non-hydrogen) atoms. The number of amides is 1. The molecule has 0 saturated carbocycles. The molecule has 0 unspecified atom stereocenters. The van der Waals surface area contributed by atoms with Crippen molar-refractivity contribution >= 4 is 18.1 Å². The minimum absolute atomic E-state index is 0.336. The van der Waals surface area contributed by atoms with E-state index in [-0.39, 0.29) is 6.54 Å². The fourth-order valence-corrected chi connectivity index (χ4v) is 0.280. The van der Waals surface area contributed by atoms with E-state index in [1.165, 1.54) is 0 Å². The van der Waals surface area contributed by atoms with Crippen LogP contribution in [0.2, 0.25) is 0 Å². The maximum atomic E-state index is 10.4. The van der Waals surface area contributed by atoms with E-state index in [1.807, 2.05) is 5.32 Å². The van der Waals surface area contributed by atoms with Crippen LogP contribution in [0.4, 0.5) is 4.79 Å². The molecule has 0 atom stereocenters. The summed E-state index contributed by atoms with van der Waals surface area (Å²) in [6, 6.07) is 0. The minimum atomic E-state index is -1.27. The fourth-order valence-electron chi connectivity index (χ4n) is 0.280. The molecule has 0 heterocycles. The van der Waals surface area contributed by atoms with Crippen molar-refractivity contribution in [3.63, 3.8) is 0 Å². The van der Waals surface area contributed by atoms with Gasteiger partial charge >= 0.3 is 12.3 Å². The third-order valence-electron chi connectivity index (χ3n) is 0.622. The molecule has 1 amide bonds. The zero-order chi connectivity index (χ0) is 7.98. The van der Waals surface area contributed by atoms with Gasteiger partial charge in [0.05, 0.1) is 16.9 Å². The van der Waals surface area contributed by atoms with Crippen LogP contribution >= 0.6 is 0 Å². The van der Waals surface area contributed by atoms with Gasteiger partial charge in [-0.15, -0.1) is 0 Å². The molecule has 0 aromatic carbocycles. The standard InChI is InChI=1S/C4H5N3O3/c5-7-2-3(8)1-6-4(9)10/h2,5-6H,1H2/p+1. The molecule has 0 spiro atoms. The van der Waals surface area contributed by atoms with Gasteiger partial charge in [0, 0.05) is 0 Å². The summed E-state index contributed by atoms with van der Waals surface area (Å²) in [5.74, 6) is -0.544. The van der Waals surface area contributed by atoms with Crippen LogP contribution in [0.5, 0.6) is 0 Å². The second-order valence-electron chi connectivity index (χ2n) is 1.38. The first-order valence-corrected chi connectivity index (χ1v) is 2.36. The van der Waals surface area contributed by atoms with Crippen LogP contribution in [0.15, 0.2) is 0 Å². The van der Waals surface area contributed by atoms with Gasteiger partial charge in [0.1, 0.15) is 0 Å². The van der Waals surface area contributed by atoms with E-state index in [2.05, 4.69) is 4.79 Å². The number of ketones is 1. The third kappa shape index (κ3) is 4.48. The SMILES string of the molecule is N=[N+]=CC(=O)CNC(=O)O. The van der Waals surface area contributed by atoms with Gasteiger partial charge in [-0.05, 0) is 0 Å². The quantitative estimate of drug-likeness (QED) is 0.272. The van der Waals surface area contributed by atoms with Crippen LogP contribution in [0.1, 0.15) is 0 Å². The lowest BCUT2D eigenvalue weighted by Crippen LogP contribution is -2.28. The normalized spacial score (nSPS) is 7.60. The largest absolute Gasteiger partial charge is 0.465 e. The Morgan fingerprint density at radius 2 is 2.30 bits per heavy atom. The Hall–Kier alpha value is -1.68. The summed E-state index contributed by atoms with van der Waals surface area (Å²) < 4.78 is 0. The number of carboxylic acid groups (broad SMARTS) is 1. The molecule has 6 heteroatoms. The van der Waals surface area contributed by atoms with E-state index in [4.69, 9.17) is 10.6 Å². The maximum absolute atomic E-state index is 10.4. The topological polar surface area (TPSA) is 104 Å². The lowest BCUT2D eigenvalue weighted by atomic mass is 10.4. The molecule has 54 valence electrons. The molecule has 0 aliphatic heterocycles. The average molecular weight is 144 g/mol. The van der Waals surface area contributed by atoms with Gasteiger partial charge in [-0.2, -0.15) is 0 Å². The van der Waals surface area contributed by atoms with Gasteiger partial charge in [0.2, 0.25) is 0 Å². The predicted octanol–water partition coefficient (Wildman–Crippen LogP) is -0.867. The van der Waals surface area contributed by atoms with E-state index >= 15 is 0 Å². The second kappa shape index (κ2) is 4.22. The van der Waals surface area contributed by atoms with E-state index in [9.17, 15) is 9.59 Å². The maximum Gasteiger partial charge on any atom is 0.405 e. The predicted molar refractivity (Wildman–Crippen MR) is 30.1 cm³/mol. The number of hydrogen-bond donors (Lipinski definition) is 3. The van der Waals surface area contributed by atoms with Crippen molar-refractivity contribution in [3.8, 4) is 0 Å². The van der Waals surface area contributed by atoms with Gasteiger partial charge in [0.25, 0.3) is 5.78 Å². The molecule has 6 nitrogen and oxygen atoms in total. The number of nitrogens with zero attached hydrogens (tertiary/aromatic N) is 1. The smallest absolute Gasteiger partial charge is 0.405 e. The lowest BCUT2D eigenvalue weighted by molar-refractivity contribution is -0.130. The van der Waals surface area contributed by atoms with Crippen molar-refractivity contribution in [2.75, 3.05) is 6.54 Å². The third-order valence-corrected chi connectivity index (χ3v) is 0.622. The molecule has 0 aromatic heterocycles. The van der Waals surface area contributed by atoms with Crippen molar-refractivity contribution < 1.29 is 19.5 Å². The highest BCUT2D eigenvalue weighted by Crippen LogP contribution is 1.62. The highest BCUT2D eigenvalue weighted by Gasteiger charge is 2.04. The van der Waals surface area contributed by atoms with Crippen LogP contribution < -0.4 is 5.32 Å². The molecule has 0 aliphatic rings. The van der Waals surface area contributed by atoms with Crippen molar-refractivity contribution in [1.82, 2.24) is 5.32 Å². The monoisotopic (exact) mass is 144 g/mol. The molecule has 3 N–H and O–H groups in total. The molecule has 0 bridgehead atoms. The average Bonchev–Trinajstić information content (AvgIpc) is 1.85. The number of carbonyl (C=O) groups excluding carboxylic acids is 1. The van der Waals surface area contributed by atoms with Gasteiger partial charge in [-0.1, -0.05) is 0 Å². The molecular formula is C4H6N3O3+. The molecule has 0 radical (unpaired) electrons. The highest BCUT2D eigenvalue weighted by molar-refractivity contribution is 6.26. The molecular weight excluding hydrogens is 138 g/mol. The Morgan fingerprint density at radius 3 is 2.70 bits per heavy atom. The van der Waals surface area contributed by atoms with E-state index in [1.54, 1.807) is 0 Å². The first-order valence-electron chi connectivity index (χ1n) is 2.36. The molecule has 0 saturated heterocycles. The summed E-state index contributed by atoms with van der Waals surface area (Å²) in [4.78, 5) is 22.8. The molecule has 0 aromatic rings. The van der Waals surface area contributed by atoms with E-state index in [0.29, 0.717) is 0 Å². The van der Waals surface area contributed by atoms with Crippen LogP contribution in [0, 0.1) is 5.53 Å². The molecule has 0 aliphatic carbocycles. The van der Waals surface area contributed by atoms with E-state index in [0.717, 1.165) is 6.21 Å². The summed E-state index contributed by atoms with van der Waals surface area (Å²) in [6.45, 7) is -0.336. The number of carbonyl (C=O) groups is 2. The van der Waals surface area contributed by atoms with Crippen molar-refractivity contribution in [3.05, 3.63) is 0 Å². The van der Waals surface area contributed by atoms with Gasteiger partial charge < -0.3 is 10.4 Å². The summed E-state index contributed by atoms with van der Waals surface area (Å²) in [5, 5.41) is 9.80. The Kier molecular flexibility index (Phi) is 3.51. The number of Topliss-reactive ketones (excluding diaryl/α,β-unsaturated/α-hetero) is 1. The fraction of sp³-hybridized carbons (Fsp3) is 0.250. The Labute approximate surface area is 56.1 Å². The van der Waals surface area contributed by atoms with Crippen LogP contribution in [-0.4, -0.2) is 34.5 Å². The Balaban J connectivity index is 3.60. The number of rotatable bonds is 3. The summed E-state index contributed by atoms with van der Waals surface area (Å²) in [7, 11) is 0. The summed E-state index contributed by atoms with van der Waals surface area (Å²) >= 11 is 0. The van der Waals surface area contributed by atoms with Gasteiger partial charge in [-0.3, -0.25) is 4.79 Å². The van der Waals surface area contributed by atoms with E-state index < -0.39 is 11.9 Å². The number of hydrogen-bond acceptors (Lipinski definition) is 3. The highest BCUT2D eigenvalue weighted by atomic mass is 16.4. The Bertz CT molecular complexity index is 194. The van der Waals surface area contributed by atoms with Gasteiger partial charge in [-0.25, -0.2) is 4.79 Å². The van der Waals surface area contributed by atoms with Crippen molar-refractivity contribution in [2.24, 2.45) is 0 Å². The number of nitrogens with one attached hydrogen (secondary N) is 2. The Morgan fingerprint density at radius 1 is 1.70 bits per heavy atom. The van der Waals surface area contributed by atoms with Crippen LogP contribution in [-0.2, 0) is 4.79 Å².